The zero-order valence-corrected chi connectivity index (χ0v) is 12.6. The Morgan fingerprint density at radius 2 is 1.90 bits per heavy atom. The van der Waals surface area contributed by atoms with Gasteiger partial charge in [-0.1, -0.05) is 12.8 Å². The largest absolute Gasteiger partial charge is 0.480 e. The number of carbonyl (C=O) groups is 2. The predicted molar refractivity (Wildman–Crippen MR) is 78.9 cm³/mol. The highest BCUT2D eigenvalue weighted by atomic mass is 16.4. The summed E-state index contributed by atoms with van der Waals surface area (Å²) < 4.78 is 0. The Hall–Kier alpha value is -1.10. The van der Waals surface area contributed by atoms with Gasteiger partial charge in [-0.15, -0.1) is 0 Å². The van der Waals surface area contributed by atoms with Crippen molar-refractivity contribution in [2.45, 2.75) is 75.9 Å². The van der Waals surface area contributed by atoms with Crippen LogP contribution in [0.1, 0.15) is 57.8 Å². The highest BCUT2D eigenvalue weighted by Crippen LogP contribution is 2.40. The normalized spacial score (nSPS) is 38.2. The molecule has 5 heteroatoms. The zero-order valence-electron chi connectivity index (χ0n) is 12.6. The van der Waals surface area contributed by atoms with Crippen molar-refractivity contribution in [1.82, 2.24) is 10.2 Å². The van der Waals surface area contributed by atoms with Gasteiger partial charge < -0.3 is 10.4 Å². The fraction of sp³-hybridized carbons (Fsp3) is 0.875. The van der Waals surface area contributed by atoms with Crippen LogP contribution in [0.3, 0.4) is 0 Å². The number of nitrogens with one attached hydrogen (secondary N) is 1. The Kier molecular flexibility index (Phi) is 4.48. The lowest BCUT2D eigenvalue weighted by Gasteiger charge is -2.50. The molecule has 0 aromatic heterocycles. The van der Waals surface area contributed by atoms with E-state index in [1.165, 1.54) is 19.3 Å². The topological polar surface area (TPSA) is 69.6 Å². The molecule has 5 nitrogen and oxygen atoms in total. The van der Waals surface area contributed by atoms with Crippen LogP contribution in [-0.2, 0) is 9.59 Å². The monoisotopic (exact) mass is 294 g/mol. The van der Waals surface area contributed by atoms with Gasteiger partial charge in [-0.2, -0.15) is 0 Å². The van der Waals surface area contributed by atoms with Crippen molar-refractivity contribution in [3.05, 3.63) is 0 Å². The van der Waals surface area contributed by atoms with Gasteiger partial charge in [-0.3, -0.25) is 14.5 Å². The number of fused-ring (bicyclic) bond motifs is 1. The van der Waals surface area contributed by atoms with Gasteiger partial charge in [-0.25, -0.2) is 0 Å². The van der Waals surface area contributed by atoms with E-state index in [1.807, 2.05) is 0 Å². The minimum absolute atomic E-state index is 0.0829. The smallest absolute Gasteiger partial charge is 0.320 e. The Morgan fingerprint density at radius 1 is 1.10 bits per heavy atom. The van der Waals surface area contributed by atoms with Gasteiger partial charge in [0.2, 0.25) is 5.91 Å². The zero-order chi connectivity index (χ0) is 14.8. The third-order valence-electron chi connectivity index (χ3n) is 5.59. The number of likely N-dealkylation sites (tertiary alicyclic amines) is 1. The van der Waals surface area contributed by atoms with Gasteiger partial charge in [0, 0.05) is 25.0 Å². The third kappa shape index (κ3) is 3.07. The van der Waals surface area contributed by atoms with E-state index in [4.69, 9.17) is 0 Å². The van der Waals surface area contributed by atoms with E-state index in [-0.39, 0.29) is 18.0 Å². The summed E-state index contributed by atoms with van der Waals surface area (Å²) in [5.74, 6) is 0.0175. The summed E-state index contributed by atoms with van der Waals surface area (Å²) in [7, 11) is 0. The first-order valence-corrected chi connectivity index (χ1v) is 8.44. The molecule has 2 saturated heterocycles. The molecule has 3 aliphatic rings. The van der Waals surface area contributed by atoms with Crippen LogP contribution in [0.5, 0.6) is 0 Å². The van der Waals surface area contributed by atoms with Crippen molar-refractivity contribution < 1.29 is 14.7 Å². The Labute approximate surface area is 126 Å². The Morgan fingerprint density at radius 3 is 2.71 bits per heavy atom. The summed E-state index contributed by atoms with van der Waals surface area (Å²) in [6.45, 7) is 0.731. The number of carboxylic acids is 1. The van der Waals surface area contributed by atoms with E-state index in [0.717, 1.165) is 38.6 Å². The number of carboxylic acid groups (broad SMARTS) is 1. The van der Waals surface area contributed by atoms with E-state index >= 15 is 0 Å². The van der Waals surface area contributed by atoms with Crippen LogP contribution in [0.25, 0.3) is 0 Å². The minimum Gasteiger partial charge on any atom is -0.480 e. The highest BCUT2D eigenvalue weighted by Gasteiger charge is 2.44. The van der Waals surface area contributed by atoms with Gasteiger partial charge in [0.25, 0.3) is 0 Å². The molecule has 1 aliphatic carbocycles. The second-order valence-electron chi connectivity index (χ2n) is 6.84. The number of hydrogen-bond donors (Lipinski definition) is 2. The van der Waals surface area contributed by atoms with Gasteiger partial charge in [0.1, 0.15) is 6.04 Å². The molecule has 0 aromatic rings. The second-order valence-corrected chi connectivity index (χ2v) is 6.84. The van der Waals surface area contributed by atoms with Gasteiger partial charge in [0.05, 0.1) is 0 Å². The molecule has 118 valence electrons. The Balaban J connectivity index is 1.84. The molecule has 0 bridgehead atoms. The molecule has 4 atom stereocenters. The fourth-order valence-electron chi connectivity index (χ4n) is 4.65. The quantitative estimate of drug-likeness (QED) is 0.814. The number of rotatable bonds is 2. The molecule has 4 unspecified atom stereocenters. The first-order chi connectivity index (χ1) is 10.2. The third-order valence-corrected chi connectivity index (χ3v) is 5.59. The van der Waals surface area contributed by atoms with Crippen molar-refractivity contribution in [3.63, 3.8) is 0 Å². The summed E-state index contributed by atoms with van der Waals surface area (Å²) in [5, 5.41) is 12.5. The molecule has 1 saturated carbocycles. The first-order valence-electron chi connectivity index (χ1n) is 8.44. The summed E-state index contributed by atoms with van der Waals surface area (Å²) in [6, 6.07) is 0.101. The lowest BCUT2D eigenvalue weighted by atomic mass is 9.75. The van der Waals surface area contributed by atoms with Crippen LogP contribution in [0.2, 0.25) is 0 Å². The predicted octanol–water partition coefficient (Wildman–Crippen LogP) is 1.76. The van der Waals surface area contributed by atoms with Crippen molar-refractivity contribution in [2.75, 3.05) is 6.54 Å². The molecular weight excluding hydrogens is 268 g/mol. The van der Waals surface area contributed by atoms with E-state index in [0.29, 0.717) is 18.4 Å². The maximum absolute atomic E-state index is 11.9. The van der Waals surface area contributed by atoms with Gasteiger partial charge >= 0.3 is 5.97 Å². The van der Waals surface area contributed by atoms with Crippen LogP contribution in [0.4, 0.5) is 0 Å². The number of carbonyl (C=O) groups excluding carboxylic acids is 1. The SMILES string of the molecule is O=C1CC(N2C(C(=O)O)CCC3CCCCC32)CCCN1. The molecule has 2 N–H and O–H groups in total. The van der Waals surface area contributed by atoms with Crippen molar-refractivity contribution >= 4 is 11.9 Å². The Bertz CT molecular complexity index is 412. The van der Waals surface area contributed by atoms with Crippen molar-refractivity contribution in [1.29, 1.82) is 0 Å². The van der Waals surface area contributed by atoms with Crippen LogP contribution < -0.4 is 5.32 Å². The number of nitrogens with zero attached hydrogens (tertiary/aromatic N) is 1. The maximum Gasteiger partial charge on any atom is 0.320 e. The first kappa shape index (κ1) is 14.8. The van der Waals surface area contributed by atoms with E-state index in [1.54, 1.807) is 0 Å². The molecule has 21 heavy (non-hydrogen) atoms. The summed E-state index contributed by atoms with van der Waals surface area (Å²) in [6.07, 6.45) is 8.95. The van der Waals surface area contributed by atoms with E-state index in [9.17, 15) is 14.7 Å². The summed E-state index contributed by atoms with van der Waals surface area (Å²) >= 11 is 0. The molecule has 2 heterocycles. The number of aliphatic carboxylic acids is 1. The summed E-state index contributed by atoms with van der Waals surface area (Å²) in [5.41, 5.74) is 0. The van der Waals surface area contributed by atoms with Crippen LogP contribution in [-0.4, -0.2) is 46.6 Å². The highest BCUT2D eigenvalue weighted by molar-refractivity contribution is 5.77. The molecule has 0 radical (unpaired) electrons. The molecule has 3 fully saturated rings. The van der Waals surface area contributed by atoms with Gasteiger partial charge in [-0.05, 0) is 44.4 Å². The van der Waals surface area contributed by atoms with Crippen LogP contribution >= 0.6 is 0 Å². The second kappa shape index (κ2) is 6.34. The number of hydrogen-bond acceptors (Lipinski definition) is 3. The maximum atomic E-state index is 11.9. The molecule has 0 aromatic carbocycles. The lowest BCUT2D eigenvalue weighted by molar-refractivity contribution is -0.151. The molecule has 0 spiro atoms. The lowest BCUT2D eigenvalue weighted by Crippen LogP contribution is -2.59. The standard InChI is InChI=1S/C16H26N2O3/c19-15-10-12(5-3-9-17-15)18-13-6-2-1-4-11(13)7-8-14(18)16(20)21/h11-14H,1-10H2,(H,17,19)(H,20,21). The van der Waals surface area contributed by atoms with Crippen molar-refractivity contribution in [3.8, 4) is 0 Å². The van der Waals surface area contributed by atoms with E-state index < -0.39 is 5.97 Å². The van der Waals surface area contributed by atoms with Gasteiger partial charge in [0.15, 0.2) is 0 Å². The summed E-state index contributed by atoms with van der Waals surface area (Å²) in [4.78, 5) is 25.8. The minimum atomic E-state index is -0.705. The van der Waals surface area contributed by atoms with Crippen LogP contribution in [0, 0.1) is 5.92 Å². The average molecular weight is 294 g/mol. The van der Waals surface area contributed by atoms with Crippen molar-refractivity contribution in [2.24, 2.45) is 5.92 Å². The fourth-order valence-corrected chi connectivity index (χ4v) is 4.65. The molecule has 2 aliphatic heterocycles. The average Bonchev–Trinajstić information content (AvgIpc) is 2.70. The molecule has 1 amide bonds. The van der Waals surface area contributed by atoms with E-state index in [2.05, 4.69) is 10.2 Å². The molecular formula is C16H26N2O3. The van der Waals surface area contributed by atoms with Crippen LogP contribution in [0.15, 0.2) is 0 Å². The number of amides is 1. The number of piperidine rings is 1. The molecule has 3 rings (SSSR count).